The number of benzene rings is 7. The Balaban J connectivity index is 1.27. The zero-order valence-corrected chi connectivity index (χ0v) is 26.0. The fourth-order valence-electron chi connectivity index (χ4n) is 6.49. The van der Waals surface area contributed by atoms with Gasteiger partial charge in [-0.3, -0.25) is 4.99 Å². The van der Waals surface area contributed by atoms with Gasteiger partial charge in [0, 0.05) is 22.9 Å². The van der Waals surface area contributed by atoms with Crippen molar-refractivity contribution in [2.45, 2.75) is 26.2 Å². The Kier molecular flexibility index (Phi) is 7.17. The summed E-state index contributed by atoms with van der Waals surface area (Å²) < 4.78 is 1.22. The van der Waals surface area contributed by atoms with Crippen LogP contribution < -0.4 is 0 Å². The molecule has 216 valence electrons. The second kappa shape index (κ2) is 11.8. The lowest BCUT2D eigenvalue weighted by Gasteiger charge is -2.10. The molecule has 0 N–H and O–H groups in total. The summed E-state index contributed by atoms with van der Waals surface area (Å²) in [6.45, 7) is 2.26. The second-order valence-corrected chi connectivity index (χ2v) is 12.7. The normalized spacial score (nSPS) is 11.8. The average Bonchev–Trinajstić information content (AvgIpc) is 3.53. The highest BCUT2D eigenvalue weighted by Gasteiger charge is 2.17. The standard InChI is InChI=1S/C42H32N2S/c1-2-3-13-28-24-38(36-22-12-16-29-14-4-6-17-32(29)36)41-40(25-28)45-42(44-41)37-21-10-11-23-39(37)43-27-31-26-30-15-5-7-18-33(30)35-20-9-8-19-34(31)35/h4-12,14-27H,2-3,13H2,1H3. The summed E-state index contributed by atoms with van der Waals surface area (Å²) in [5, 5.41) is 8.44. The summed E-state index contributed by atoms with van der Waals surface area (Å²) in [6.07, 6.45) is 5.43. The van der Waals surface area contributed by atoms with Crippen molar-refractivity contribution in [3.8, 4) is 21.7 Å². The highest BCUT2D eigenvalue weighted by molar-refractivity contribution is 7.21. The number of fused-ring (bicyclic) bond motifs is 5. The first kappa shape index (κ1) is 27.4. The van der Waals surface area contributed by atoms with Gasteiger partial charge in [-0.15, -0.1) is 11.3 Å². The molecule has 0 saturated carbocycles. The van der Waals surface area contributed by atoms with E-state index in [-0.39, 0.29) is 0 Å². The van der Waals surface area contributed by atoms with Crippen LogP contribution in [0.4, 0.5) is 5.69 Å². The fourth-order valence-corrected chi connectivity index (χ4v) is 7.58. The van der Waals surface area contributed by atoms with E-state index >= 15 is 0 Å². The van der Waals surface area contributed by atoms with E-state index in [1.165, 1.54) is 66.5 Å². The SMILES string of the molecule is CCCCc1cc(-c2cccc3ccccc23)c2nc(-c3ccccc3N=Cc3cc4ccccc4c4ccccc34)sc2c1. The summed E-state index contributed by atoms with van der Waals surface area (Å²) in [4.78, 5) is 10.4. The molecule has 0 fully saturated rings. The van der Waals surface area contributed by atoms with Crippen LogP contribution in [0.1, 0.15) is 30.9 Å². The number of aryl methyl sites for hydroxylation is 1. The van der Waals surface area contributed by atoms with Gasteiger partial charge in [0.05, 0.1) is 15.9 Å². The van der Waals surface area contributed by atoms with Crippen molar-refractivity contribution in [3.63, 3.8) is 0 Å². The lowest BCUT2D eigenvalue weighted by atomic mass is 9.95. The van der Waals surface area contributed by atoms with Crippen molar-refractivity contribution in [1.29, 1.82) is 0 Å². The minimum Gasteiger partial charge on any atom is -0.256 e. The zero-order valence-electron chi connectivity index (χ0n) is 25.2. The summed E-state index contributed by atoms with van der Waals surface area (Å²) in [7, 11) is 0. The first-order valence-electron chi connectivity index (χ1n) is 15.7. The number of para-hydroxylation sites is 1. The zero-order chi connectivity index (χ0) is 30.2. The van der Waals surface area contributed by atoms with Gasteiger partial charge in [0.2, 0.25) is 0 Å². The molecular formula is C42H32N2S. The largest absolute Gasteiger partial charge is 0.256 e. The van der Waals surface area contributed by atoms with Crippen LogP contribution in [-0.4, -0.2) is 11.2 Å². The molecule has 0 aliphatic carbocycles. The monoisotopic (exact) mass is 596 g/mol. The number of thiazole rings is 1. The smallest absolute Gasteiger partial charge is 0.126 e. The van der Waals surface area contributed by atoms with Crippen molar-refractivity contribution < 1.29 is 0 Å². The van der Waals surface area contributed by atoms with Gasteiger partial charge in [-0.05, 0) is 86.6 Å². The molecule has 3 heteroatoms. The number of hydrogen-bond donors (Lipinski definition) is 0. The van der Waals surface area contributed by atoms with Crippen molar-refractivity contribution in [3.05, 3.63) is 145 Å². The Bertz CT molecular complexity index is 2370. The molecule has 0 amide bonds. The van der Waals surface area contributed by atoms with Gasteiger partial charge < -0.3 is 0 Å². The van der Waals surface area contributed by atoms with Gasteiger partial charge in [0.15, 0.2) is 0 Å². The molecule has 0 unspecified atom stereocenters. The van der Waals surface area contributed by atoms with E-state index in [0.29, 0.717) is 0 Å². The third-order valence-electron chi connectivity index (χ3n) is 8.73. The van der Waals surface area contributed by atoms with Gasteiger partial charge in [-0.2, -0.15) is 0 Å². The van der Waals surface area contributed by atoms with Crippen molar-refractivity contribution >= 4 is 65.8 Å². The predicted molar refractivity (Wildman–Crippen MR) is 195 cm³/mol. The molecule has 8 rings (SSSR count). The number of unbranched alkanes of at least 4 members (excludes halogenated alkanes) is 1. The molecular weight excluding hydrogens is 565 g/mol. The van der Waals surface area contributed by atoms with E-state index in [2.05, 4.69) is 140 Å². The van der Waals surface area contributed by atoms with E-state index in [0.717, 1.165) is 33.8 Å². The summed E-state index contributed by atoms with van der Waals surface area (Å²) in [5.74, 6) is 0. The maximum absolute atomic E-state index is 5.34. The molecule has 0 aliphatic rings. The van der Waals surface area contributed by atoms with Crippen LogP contribution in [0.5, 0.6) is 0 Å². The minimum absolute atomic E-state index is 0.923. The molecule has 0 radical (unpaired) electrons. The quantitative estimate of drug-likeness (QED) is 0.133. The average molecular weight is 597 g/mol. The third-order valence-corrected chi connectivity index (χ3v) is 9.77. The minimum atomic E-state index is 0.923. The first-order valence-corrected chi connectivity index (χ1v) is 16.5. The van der Waals surface area contributed by atoms with E-state index in [1.54, 1.807) is 11.3 Å². The van der Waals surface area contributed by atoms with Gasteiger partial charge in [-0.25, -0.2) is 4.98 Å². The highest BCUT2D eigenvalue weighted by atomic mass is 32.1. The Labute approximate surface area is 267 Å². The van der Waals surface area contributed by atoms with E-state index in [1.807, 2.05) is 6.21 Å². The molecule has 0 atom stereocenters. The lowest BCUT2D eigenvalue weighted by Crippen LogP contribution is -1.89. The molecule has 0 aliphatic heterocycles. The van der Waals surface area contributed by atoms with Crippen molar-refractivity contribution in [1.82, 2.24) is 4.98 Å². The number of nitrogens with zero attached hydrogens (tertiary/aromatic N) is 2. The number of rotatable bonds is 7. The van der Waals surface area contributed by atoms with Crippen LogP contribution in [0.3, 0.4) is 0 Å². The van der Waals surface area contributed by atoms with Gasteiger partial charge in [-0.1, -0.05) is 116 Å². The third kappa shape index (κ3) is 5.09. The Morgan fingerprint density at radius 2 is 1.31 bits per heavy atom. The molecule has 45 heavy (non-hydrogen) atoms. The maximum atomic E-state index is 5.34. The molecule has 1 heterocycles. The van der Waals surface area contributed by atoms with Crippen LogP contribution in [0.2, 0.25) is 0 Å². The van der Waals surface area contributed by atoms with E-state index in [4.69, 9.17) is 9.98 Å². The number of hydrogen-bond acceptors (Lipinski definition) is 3. The summed E-state index contributed by atoms with van der Waals surface area (Å²) in [6, 6.07) is 47.8. The first-order chi connectivity index (χ1) is 22.3. The molecule has 7 aromatic carbocycles. The summed E-state index contributed by atoms with van der Waals surface area (Å²) >= 11 is 1.77. The van der Waals surface area contributed by atoms with Gasteiger partial charge >= 0.3 is 0 Å². The van der Waals surface area contributed by atoms with E-state index in [9.17, 15) is 0 Å². The van der Waals surface area contributed by atoms with E-state index < -0.39 is 0 Å². The van der Waals surface area contributed by atoms with Crippen molar-refractivity contribution in [2.75, 3.05) is 0 Å². The Hall–Kier alpha value is -5.12. The topological polar surface area (TPSA) is 25.2 Å². The lowest BCUT2D eigenvalue weighted by molar-refractivity contribution is 0.796. The maximum Gasteiger partial charge on any atom is 0.126 e. The van der Waals surface area contributed by atoms with Crippen LogP contribution in [0.15, 0.2) is 138 Å². The Morgan fingerprint density at radius 1 is 0.622 bits per heavy atom. The van der Waals surface area contributed by atoms with Crippen molar-refractivity contribution in [2.24, 2.45) is 4.99 Å². The molecule has 8 aromatic rings. The second-order valence-electron chi connectivity index (χ2n) is 11.6. The van der Waals surface area contributed by atoms with Gasteiger partial charge in [0.25, 0.3) is 0 Å². The van der Waals surface area contributed by atoms with Crippen LogP contribution in [0, 0.1) is 0 Å². The molecule has 1 aromatic heterocycles. The Morgan fingerprint density at radius 3 is 2.18 bits per heavy atom. The molecule has 0 saturated heterocycles. The van der Waals surface area contributed by atoms with Gasteiger partial charge in [0.1, 0.15) is 5.01 Å². The molecule has 0 bridgehead atoms. The van der Waals surface area contributed by atoms with Crippen LogP contribution in [-0.2, 0) is 6.42 Å². The molecule has 2 nitrogen and oxygen atoms in total. The van der Waals surface area contributed by atoms with Crippen LogP contribution >= 0.6 is 11.3 Å². The molecule has 0 spiro atoms. The fraction of sp³-hybridized carbons (Fsp3) is 0.0952. The highest BCUT2D eigenvalue weighted by Crippen LogP contribution is 2.41. The van der Waals surface area contributed by atoms with Crippen LogP contribution in [0.25, 0.3) is 64.2 Å². The predicted octanol–water partition coefficient (Wildman–Crippen LogP) is 12.2. The number of aliphatic imine (C=N–C) groups is 1. The summed E-state index contributed by atoms with van der Waals surface area (Å²) in [5.41, 5.74) is 7.97. The number of aromatic nitrogens is 1.